The lowest BCUT2D eigenvalue weighted by Gasteiger charge is -2.30. The Bertz CT molecular complexity index is 1020. The number of benzene rings is 1. The van der Waals surface area contributed by atoms with Gasteiger partial charge < -0.3 is 14.6 Å². The maximum absolute atomic E-state index is 13.1. The SMILES string of the molecule is Cc1ccc(C)c(-n2nc(-c3ccco3)cc2C(=O)NCCC[NH+]2CCCC[C@H]2C)c1. The summed E-state index contributed by atoms with van der Waals surface area (Å²) in [5.41, 5.74) is 4.29. The minimum Gasteiger partial charge on any atom is -0.463 e. The zero-order valence-corrected chi connectivity index (χ0v) is 18.8. The number of likely N-dealkylation sites (tertiary alicyclic amines) is 1. The van der Waals surface area contributed by atoms with Gasteiger partial charge in [0.05, 0.1) is 31.1 Å². The molecule has 2 aromatic heterocycles. The molecular weight excluding hydrogens is 388 g/mol. The van der Waals surface area contributed by atoms with Crippen LogP contribution in [0.15, 0.2) is 47.1 Å². The van der Waals surface area contributed by atoms with E-state index in [1.54, 1.807) is 15.8 Å². The van der Waals surface area contributed by atoms with Crippen LogP contribution < -0.4 is 10.2 Å². The van der Waals surface area contributed by atoms with Gasteiger partial charge in [-0.3, -0.25) is 4.79 Å². The molecule has 2 atom stereocenters. The van der Waals surface area contributed by atoms with Crippen LogP contribution in [0, 0.1) is 13.8 Å². The number of aromatic nitrogens is 2. The molecule has 1 unspecified atom stereocenters. The second kappa shape index (κ2) is 9.52. The number of hydrogen-bond donors (Lipinski definition) is 2. The van der Waals surface area contributed by atoms with Gasteiger partial charge in [0.15, 0.2) is 5.76 Å². The fourth-order valence-corrected chi connectivity index (χ4v) is 4.45. The van der Waals surface area contributed by atoms with Gasteiger partial charge in [0.2, 0.25) is 0 Å². The molecule has 0 saturated carbocycles. The van der Waals surface area contributed by atoms with Crippen LogP contribution in [-0.2, 0) is 0 Å². The van der Waals surface area contributed by atoms with E-state index in [-0.39, 0.29) is 5.91 Å². The molecule has 1 fully saturated rings. The summed E-state index contributed by atoms with van der Waals surface area (Å²) in [7, 11) is 0. The van der Waals surface area contributed by atoms with Crippen LogP contribution in [-0.4, -0.2) is 41.4 Å². The standard InChI is InChI=1S/C25H32N4O2/c1-18-10-11-19(2)22(16-18)29-23(17-21(27-29)24-9-6-15-31-24)25(30)26-12-7-14-28-13-5-4-8-20(28)3/h6,9-11,15-17,20H,4-5,7-8,12-14H2,1-3H3,(H,26,30)/p+1/t20-/m1/s1. The summed E-state index contributed by atoms with van der Waals surface area (Å²) >= 11 is 0. The molecule has 2 N–H and O–H groups in total. The molecule has 1 amide bonds. The molecule has 6 heteroatoms. The lowest BCUT2D eigenvalue weighted by atomic mass is 10.0. The number of quaternary nitrogens is 1. The van der Waals surface area contributed by atoms with Crippen molar-refractivity contribution in [1.29, 1.82) is 0 Å². The largest absolute Gasteiger partial charge is 0.463 e. The van der Waals surface area contributed by atoms with Crippen LogP contribution in [0.25, 0.3) is 17.1 Å². The third kappa shape index (κ3) is 4.90. The highest BCUT2D eigenvalue weighted by molar-refractivity contribution is 5.94. The van der Waals surface area contributed by atoms with E-state index >= 15 is 0 Å². The molecule has 1 aliphatic heterocycles. The van der Waals surface area contributed by atoms with Crippen molar-refractivity contribution in [3.05, 3.63) is 59.5 Å². The van der Waals surface area contributed by atoms with Gasteiger partial charge in [-0.25, -0.2) is 4.68 Å². The Hall–Kier alpha value is -2.86. The maximum Gasteiger partial charge on any atom is 0.270 e. The van der Waals surface area contributed by atoms with Crippen molar-refractivity contribution in [3.8, 4) is 17.1 Å². The van der Waals surface area contributed by atoms with Crippen molar-refractivity contribution >= 4 is 5.91 Å². The zero-order chi connectivity index (χ0) is 21.8. The average Bonchev–Trinajstić information content (AvgIpc) is 3.44. The molecule has 1 saturated heterocycles. The summed E-state index contributed by atoms with van der Waals surface area (Å²) in [5.74, 6) is 0.550. The molecule has 1 aromatic carbocycles. The smallest absolute Gasteiger partial charge is 0.270 e. The number of piperidine rings is 1. The summed E-state index contributed by atoms with van der Waals surface area (Å²) in [5, 5.41) is 7.83. The predicted octanol–water partition coefficient (Wildman–Crippen LogP) is 3.33. The van der Waals surface area contributed by atoms with Crippen LogP contribution >= 0.6 is 0 Å². The van der Waals surface area contributed by atoms with Crippen molar-refractivity contribution in [2.75, 3.05) is 19.6 Å². The minimum absolute atomic E-state index is 0.104. The number of aryl methyl sites for hydroxylation is 2. The van der Waals surface area contributed by atoms with Gasteiger partial charge in [-0.15, -0.1) is 0 Å². The maximum atomic E-state index is 13.1. The van der Waals surface area contributed by atoms with E-state index in [1.807, 2.05) is 32.0 Å². The summed E-state index contributed by atoms with van der Waals surface area (Å²) in [6, 6.07) is 12.4. The quantitative estimate of drug-likeness (QED) is 0.575. The van der Waals surface area contributed by atoms with Gasteiger partial charge in [0, 0.05) is 19.0 Å². The van der Waals surface area contributed by atoms with E-state index in [2.05, 4.69) is 30.4 Å². The topological polar surface area (TPSA) is 64.5 Å². The van der Waals surface area contributed by atoms with E-state index < -0.39 is 0 Å². The second-order valence-electron chi connectivity index (χ2n) is 8.76. The summed E-state index contributed by atoms with van der Waals surface area (Å²) < 4.78 is 7.27. The fraction of sp³-hybridized carbons (Fsp3) is 0.440. The average molecular weight is 422 g/mol. The number of carbonyl (C=O) groups excluding carboxylic acids is 1. The highest BCUT2D eigenvalue weighted by Crippen LogP contribution is 2.24. The van der Waals surface area contributed by atoms with Crippen molar-refractivity contribution in [1.82, 2.24) is 15.1 Å². The molecule has 0 radical (unpaired) electrons. The number of amides is 1. The fourth-order valence-electron chi connectivity index (χ4n) is 4.45. The van der Waals surface area contributed by atoms with Gasteiger partial charge in [-0.1, -0.05) is 12.1 Å². The van der Waals surface area contributed by atoms with Crippen molar-refractivity contribution in [3.63, 3.8) is 0 Å². The highest BCUT2D eigenvalue weighted by atomic mass is 16.3. The molecule has 164 valence electrons. The van der Waals surface area contributed by atoms with Crippen LogP contribution in [0.1, 0.15) is 54.2 Å². The summed E-state index contributed by atoms with van der Waals surface area (Å²) in [4.78, 5) is 14.8. The molecule has 3 aromatic rings. The van der Waals surface area contributed by atoms with Gasteiger partial charge in [0.1, 0.15) is 11.4 Å². The first-order valence-electron chi connectivity index (χ1n) is 11.4. The Morgan fingerprint density at radius 3 is 2.90 bits per heavy atom. The molecule has 3 heterocycles. The first kappa shape index (κ1) is 21.4. The Morgan fingerprint density at radius 1 is 1.26 bits per heavy atom. The third-order valence-corrected chi connectivity index (χ3v) is 6.35. The van der Waals surface area contributed by atoms with Gasteiger partial charge in [0.25, 0.3) is 5.91 Å². The first-order valence-corrected chi connectivity index (χ1v) is 11.4. The number of carbonyl (C=O) groups is 1. The number of nitrogens with one attached hydrogen (secondary N) is 2. The Morgan fingerprint density at radius 2 is 2.13 bits per heavy atom. The lowest BCUT2D eigenvalue weighted by Crippen LogP contribution is -3.16. The normalized spacial score (nSPS) is 18.8. The Kier molecular flexibility index (Phi) is 6.56. The van der Waals surface area contributed by atoms with Crippen LogP contribution in [0.4, 0.5) is 0 Å². The van der Waals surface area contributed by atoms with Crippen LogP contribution in [0.2, 0.25) is 0 Å². The van der Waals surface area contributed by atoms with Gasteiger partial charge in [-0.2, -0.15) is 5.10 Å². The zero-order valence-electron chi connectivity index (χ0n) is 18.8. The molecule has 1 aliphatic rings. The second-order valence-corrected chi connectivity index (χ2v) is 8.76. The Balaban J connectivity index is 1.50. The number of hydrogen-bond acceptors (Lipinski definition) is 3. The predicted molar refractivity (Wildman–Crippen MR) is 122 cm³/mol. The first-order chi connectivity index (χ1) is 15.0. The van der Waals surface area contributed by atoms with Crippen LogP contribution in [0.3, 0.4) is 0 Å². The monoisotopic (exact) mass is 421 g/mol. The third-order valence-electron chi connectivity index (χ3n) is 6.35. The van der Waals surface area contributed by atoms with Crippen LogP contribution in [0.5, 0.6) is 0 Å². The van der Waals surface area contributed by atoms with E-state index in [1.165, 1.54) is 25.8 Å². The molecule has 0 aliphatic carbocycles. The molecular formula is C25H33N4O2+. The molecule has 0 spiro atoms. The number of rotatable bonds is 7. The Labute approximate surface area is 184 Å². The molecule has 6 nitrogen and oxygen atoms in total. The van der Waals surface area contributed by atoms with Crippen molar-refractivity contribution in [2.45, 2.75) is 52.5 Å². The van der Waals surface area contributed by atoms with E-state index in [9.17, 15) is 4.79 Å². The number of nitrogens with zero attached hydrogens (tertiary/aromatic N) is 2. The van der Waals surface area contributed by atoms with Gasteiger partial charge in [-0.05, 0) is 69.4 Å². The molecule has 4 rings (SSSR count). The summed E-state index contributed by atoms with van der Waals surface area (Å²) in [6.45, 7) is 9.45. The van der Waals surface area contributed by atoms with Gasteiger partial charge >= 0.3 is 0 Å². The van der Waals surface area contributed by atoms with Crippen molar-refractivity contribution in [2.24, 2.45) is 0 Å². The van der Waals surface area contributed by atoms with E-state index in [4.69, 9.17) is 9.52 Å². The van der Waals surface area contributed by atoms with E-state index in [0.29, 0.717) is 23.7 Å². The van der Waals surface area contributed by atoms with Crippen molar-refractivity contribution < 1.29 is 14.1 Å². The minimum atomic E-state index is -0.104. The van der Waals surface area contributed by atoms with E-state index in [0.717, 1.165) is 35.8 Å². The number of furan rings is 1. The molecule has 0 bridgehead atoms. The lowest BCUT2D eigenvalue weighted by molar-refractivity contribution is -0.928. The highest BCUT2D eigenvalue weighted by Gasteiger charge is 2.22. The molecule has 31 heavy (non-hydrogen) atoms. The summed E-state index contributed by atoms with van der Waals surface area (Å²) in [6.07, 6.45) is 6.58.